The predicted molar refractivity (Wildman–Crippen MR) is 74.9 cm³/mol. The number of nitrogens with one attached hydrogen (secondary N) is 1. The van der Waals surface area contributed by atoms with E-state index in [-0.39, 0.29) is 18.1 Å². The van der Waals surface area contributed by atoms with E-state index in [1.807, 2.05) is 19.0 Å². The van der Waals surface area contributed by atoms with E-state index in [9.17, 15) is 9.90 Å². The van der Waals surface area contributed by atoms with Crippen molar-refractivity contribution in [1.29, 1.82) is 0 Å². The normalized spacial score (nSPS) is 32.0. The highest BCUT2D eigenvalue weighted by Gasteiger charge is 2.35. The fourth-order valence-electron chi connectivity index (χ4n) is 3.25. The van der Waals surface area contributed by atoms with E-state index in [0.717, 1.165) is 26.1 Å². The molecule has 0 spiro atoms. The lowest BCUT2D eigenvalue weighted by Crippen LogP contribution is -2.43. The number of β-amino-alcohol motifs (C(OH)–C–C–N with tert-alkyl or cyclic N) is 1. The van der Waals surface area contributed by atoms with Gasteiger partial charge in [0.25, 0.3) is 0 Å². The molecule has 2 heterocycles. The molecule has 5 nitrogen and oxygen atoms in total. The molecule has 0 saturated carbocycles. The van der Waals surface area contributed by atoms with Gasteiger partial charge < -0.3 is 20.2 Å². The van der Waals surface area contributed by atoms with Crippen LogP contribution >= 0.6 is 0 Å². The van der Waals surface area contributed by atoms with Gasteiger partial charge in [-0.2, -0.15) is 0 Å². The number of likely N-dealkylation sites (tertiary alicyclic amines) is 1. The van der Waals surface area contributed by atoms with Crippen molar-refractivity contribution < 1.29 is 9.90 Å². The molecule has 5 heteroatoms. The number of carbonyl (C=O) groups excluding carboxylic acids is 1. The largest absolute Gasteiger partial charge is 0.391 e. The SMILES string of the molecule is CN(C)CC1CC(O)CN1C(=O)CC1CCCNC1. The highest BCUT2D eigenvalue weighted by Crippen LogP contribution is 2.22. The van der Waals surface area contributed by atoms with Gasteiger partial charge in [0.05, 0.1) is 6.10 Å². The molecule has 2 aliphatic rings. The van der Waals surface area contributed by atoms with Crippen LogP contribution in [0.25, 0.3) is 0 Å². The fraction of sp³-hybridized carbons (Fsp3) is 0.929. The summed E-state index contributed by atoms with van der Waals surface area (Å²) in [7, 11) is 4.02. The number of amides is 1. The van der Waals surface area contributed by atoms with Crippen molar-refractivity contribution in [3.63, 3.8) is 0 Å². The Bertz CT molecular complexity index is 303. The third-order valence-electron chi connectivity index (χ3n) is 4.15. The summed E-state index contributed by atoms with van der Waals surface area (Å²) < 4.78 is 0. The standard InChI is InChI=1S/C14H27N3O2/c1-16(2)9-12-7-13(18)10-17(12)14(19)6-11-4-3-5-15-8-11/h11-13,15,18H,3-10H2,1-2H3. The van der Waals surface area contributed by atoms with Crippen molar-refractivity contribution in [1.82, 2.24) is 15.1 Å². The zero-order chi connectivity index (χ0) is 13.8. The first-order chi connectivity index (χ1) is 9.06. The molecule has 0 radical (unpaired) electrons. The highest BCUT2D eigenvalue weighted by molar-refractivity contribution is 5.77. The third-order valence-corrected chi connectivity index (χ3v) is 4.15. The van der Waals surface area contributed by atoms with Crippen molar-refractivity contribution in [2.75, 3.05) is 40.3 Å². The minimum absolute atomic E-state index is 0.175. The van der Waals surface area contributed by atoms with Crippen LogP contribution < -0.4 is 5.32 Å². The maximum absolute atomic E-state index is 12.4. The van der Waals surface area contributed by atoms with Crippen LogP contribution in [0.1, 0.15) is 25.7 Å². The second-order valence-corrected chi connectivity index (χ2v) is 6.27. The maximum Gasteiger partial charge on any atom is 0.223 e. The topological polar surface area (TPSA) is 55.8 Å². The van der Waals surface area contributed by atoms with Crippen molar-refractivity contribution >= 4 is 5.91 Å². The van der Waals surface area contributed by atoms with Gasteiger partial charge >= 0.3 is 0 Å². The van der Waals surface area contributed by atoms with Crippen molar-refractivity contribution in [3.8, 4) is 0 Å². The monoisotopic (exact) mass is 269 g/mol. The van der Waals surface area contributed by atoms with Gasteiger partial charge in [0, 0.05) is 25.6 Å². The third kappa shape index (κ3) is 4.16. The number of nitrogens with zero attached hydrogens (tertiary/aromatic N) is 2. The smallest absolute Gasteiger partial charge is 0.223 e. The Kier molecular flexibility index (Phi) is 5.19. The van der Waals surface area contributed by atoms with Crippen molar-refractivity contribution in [2.24, 2.45) is 5.92 Å². The van der Waals surface area contributed by atoms with Crippen LogP contribution in [0.2, 0.25) is 0 Å². The zero-order valence-corrected chi connectivity index (χ0v) is 12.1. The number of aliphatic hydroxyl groups excluding tert-OH is 1. The Hall–Kier alpha value is -0.650. The van der Waals surface area contributed by atoms with Crippen LogP contribution in [0.15, 0.2) is 0 Å². The average molecular weight is 269 g/mol. The lowest BCUT2D eigenvalue weighted by molar-refractivity contribution is -0.133. The van der Waals surface area contributed by atoms with E-state index in [4.69, 9.17) is 0 Å². The van der Waals surface area contributed by atoms with Gasteiger partial charge in [-0.25, -0.2) is 0 Å². The Morgan fingerprint density at radius 3 is 2.89 bits per heavy atom. The van der Waals surface area contributed by atoms with Gasteiger partial charge in [0.15, 0.2) is 0 Å². The highest BCUT2D eigenvalue weighted by atomic mass is 16.3. The van der Waals surface area contributed by atoms with E-state index < -0.39 is 0 Å². The lowest BCUT2D eigenvalue weighted by atomic mass is 9.95. The van der Waals surface area contributed by atoms with Gasteiger partial charge in [0.1, 0.15) is 0 Å². The number of rotatable bonds is 4. The molecule has 110 valence electrons. The van der Waals surface area contributed by atoms with E-state index in [0.29, 0.717) is 25.3 Å². The first kappa shape index (κ1) is 14.8. The summed E-state index contributed by atoms with van der Waals surface area (Å²) in [6, 6.07) is 0.175. The first-order valence-corrected chi connectivity index (χ1v) is 7.39. The van der Waals surface area contributed by atoms with Gasteiger partial charge in [-0.15, -0.1) is 0 Å². The second kappa shape index (κ2) is 6.68. The van der Waals surface area contributed by atoms with Crippen LogP contribution in [0, 0.1) is 5.92 Å². The minimum Gasteiger partial charge on any atom is -0.391 e. The summed E-state index contributed by atoms with van der Waals surface area (Å²) in [5.41, 5.74) is 0. The van der Waals surface area contributed by atoms with Gasteiger partial charge in [-0.05, 0) is 52.4 Å². The van der Waals surface area contributed by atoms with Crippen LogP contribution in [-0.4, -0.2) is 73.2 Å². The number of hydrogen-bond donors (Lipinski definition) is 2. The molecule has 2 aliphatic heterocycles. The lowest BCUT2D eigenvalue weighted by Gasteiger charge is -2.29. The van der Waals surface area contributed by atoms with Crippen LogP contribution in [0.5, 0.6) is 0 Å². The van der Waals surface area contributed by atoms with E-state index in [1.165, 1.54) is 6.42 Å². The number of hydrogen-bond acceptors (Lipinski definition) is 4. The molecule has 19 heavy (non-hydrogen) atoms. The maximum atomic E-state index is 12.4. The molecule has 2 N–H and O–H groups in total. The minimum atomic E-state index is -0.349. The summed E-state index contributed by atoms with van der Waals surface area (Å²) >= 11 is 0. The number of aliphatic hydroxyl groups is 1. The fourth-order valence-corrected chi connectivity index (χ4v) is 3.25. The molecule has 0 aromatic rings. The Morgan fingerprint density at radius 1 is 1.47 bits per heavy atom. The summed E-state index contributed by atoms with van der Waals surface area (Å²) in [5.74, 6) is 0.691. The van der Waals surface area contributed by atoms with Crippen LogP contribution in [0.4, 0.5) is 0 Å². The molecule has 2 fully saturated rings. The Balaban J connectivity index is 1.88. The Morgan fingerprint density at radius 2 is 2.26 bits per heavy atom. The molecule has 2 saturated heterocycles. The van der Waals surface area contributed by atoms with Crippen LogP contribution in [0.3, 0.4) is 0 Å². The van der Waals surface area contributed by atoms with Gasteiger partial charge in [-0.1, -0.05) is 0 Å². The number of carbonyl (C=O) groups is 1. The number of likely N-dealkylation sites (N-methyl/N-ethyl adjacent to an activating group) is 1. The summed E-state index contributed by atoms with van der Waals surface area (Å²) in [5, 5.41) is 13.2. The molecular formula is C14H27N3O2. The molecule has 0 aromatic carbocycles. The molecule has 0 aliphatic carbocycles. The Labute approximate surface area is 115 Å². The van der Waals surface area contributed by atoms with E-state index in [1.54, 1.807) is 0 Å². The van der Waals surface area contributed by atoms with Gasteiger partial charge in [-0.3, -0.25) is 4.79 Å². The second-order valence-electron chi connectivity index (χ2n) is 6.27. The van der Waals surface area contributed by atoms with E-state index in [2.05, 4.69) is 10.2 Å². The first-order valence-electron chi connectivity index (χ1n) is 7.39. The quantitative estimate of drug-likeness (QED) is 0.748. The molecule has 3 atom stereocenters. The molecule has 1 amide bonds. The predicted octanol–water partition coefficient (Wildman–Crippen LogP) is -0.100. The molecular weight excluding hydrogens is 242 g/mol. The molecule has 3 unspecified atom stereocenters. The average Bonchev–Trinajstić information content (AvgIpc) is 2.70. The van der Waals surface area contributed by atoms with Gasteiger partial charge in [0.2, 0.25) is 5.91 Å². The van der Waals surface area contributed by atoms with Crippen molar-refractivity contribution in [2.45, 2.75) is 37.8 Å². The summed E-state index contributed by atoms with van der Waals surface area (Å²) in [6.45, 7) is 3.39. The molecule has 0 aromatic heterocycles. The van der Waals surface area contributed by atoms with Crippen molar-refractivity contribution in [3.05, 3.63) is 0 Å². The number of piperidine rings is 1. The molecule has 0 bridgehead atoms. The summed E-state index contributed by atoms with van der Waals surface area (Å²) in [6.07, 6.45) is 3.31. The van der Waals surface area contributed by atoms with Crippen LogP contribution in [-0.2, 0) is 4.79 Å². The summed E-state index contributed by atoms with van der Waals surface area (Å²) in [4.78, 5) is 16.4. The zero-order valence-electron chi connectivity index (χ0n) is 12.1. The van der Waals surface area contributed by atoms with E-state index >= 15 is 0 Å². The molecule has 2 rings (SSSR count).